The minimum absolute atomic E-state index is 0.0326. The average molecular weight is 312 g/mol. The van der Waals surface area contributed by atoms with E-state index in [0.717, 1.165) is 0 Å². The SMILES string of the molecule is Cc1cc(Cl)c(C)c(S(=O)(=O)NC[C@H](C)O)c1Cl. The van der Waals surface area contributed by atoms with Gasteiger partial charge < -0.3 is 5.11 Å². The van der Waals surface area contributed by atoms with Gasteiger partial charge in [-0.3, -0.25) is 0 Å². The number of benzene rings is 1. The fourth-order valence-corrected chi connectivity index (χ4v) is 3.77. The summed E-state index contributed by atoms with van der Waals surface area (Å²) in [6.07, 6.45) is -0.779. The van der Waals surface area contributed by atoms with Crippen LogP contribution in [0.15, 0.2) is 11.0 Å². The van der Waals surface area contributed by atoms with Gasteiger partial charge in [-0.2, -0.15) is 0 Å². The molecule has 102 valence electrons. The molecule has 0 radical (unpaired) electrons. The molecule has 0 aliphatic heterocycles. The molecule has 0 bridgehead atoms. The zero-order valence-electron chi connectivity index (χ0n) is 10.3. The summed E-state index contributed by atoms with van der Waals surface area (Å²) in [5.74, 6) is 0. The van der Waals surface area contributed by atoms with Crippen LogP contribution in [0.25, 0.3) is 0 Å². The largest absolute Gasteiger partial charge is 0.392 e. The summed E-state index contributed by atoms with van der Waals surface area (Å²) in [7, 11) is -3.79. The van der Waals surface area contributed by atoms with Crippen molar-refractivity contribution < 1.29 is 13.5 Å². The van der Waals surface area contributed by atoms with Gasteiger partial charge in [0, 0.05) is 11.6 Å². The lowest BCUT2D eigenvalue weighted by molar-refractivity contribution is 0.198. The van der Waals surface area contributed by atoms with Crippen molar-refractivity contribution in [3.63, 3.8) is 0 Å². The summed E-state index contributed by atoms with van der Waals surface area (Å²) in [6, 6.07) is 1.62. The molecule has 18 heavy (non-hydrogen) atoms. The summed E-state index contributed by atoms with van der Waals surface area (Å²) in [5, 5.41) is 9.61. The topological polar surface area (TPSA) is 66.4 Å². The van der Waals surface area contributed by atoms with E-state index < -0.39 is 16.1 Å². The van der Waals surface area contributed by atoms with Gasteiger partial charge in [0.2, 0.25) is 10.0 Å². The Morgan fingerprint density at radius 1 is 1.39 bits per heavy atom. The molecule has 7 heteroatoms. The highest BCUT2D eigenvalue weighted by Gasteiger charge is 2.23. The van der Waals surface area contributed by atoms with Crippen molar-refractivity contribution in [1.82, 2.24) is 4.72 Å². The van der Waals surface area contributed by atoms with Crippen molar-refractivity contribution in [1.29, 1.82) is 0 Å². The van der Waals surface area contributed by atoms with Crippen LogP contribution in [0.2, 0.25) is 10.0 Å². The average Bonchev–Trinajstić information content (AvgIpc) is 2.24. The van der Waals surface area contributed by atoms with Gasteiger partial charge in [0.1, 0.15) is 4.90 Å². The van der Waals surface area contributed by atoms with Crippen LogP contribution in [0.3, 0.4) is 0 Å². The second kappa shape index (κ2) is 5.75. The minimum Gasteiger partial charge on any atom is -0.392 e. The van der Waals surface area contributed by atoms with Crippen LogP contribution >= 0.6 is 23.2 Å². The van der Waals surface area contributed by atoms with Crippen molar-refractivity contribution in [3.8, 4) is 0 Å². The van der Waals surface area contributed by atoms with E-state index in [-0.39, 0.29) is 16.5 Å². The van der Waals surface area contributed by atoms with E-state index in [1.165, 1.54) is 6.92 Å². The zero-order valence-corrected chi connectivity index (χ0v) is 12.6. The second-order valence-corrected chi connectivity index (χ2v) is 6.63. The number of aryl methyl sites for hydroxylation is 1. The highest BCUT2D eigenvalue weighted by Crippen LogP contribution is 2.33. The molecule has 0 saturated carbocycles. The normalized spacial score (nSPS) is 13.7. The molecule has 0 aliphatic rings. The van der Waals surface area contributed by atoms with Crippen molar-refractivity contribution >= 4 is 33.2 Å². The van der Waals surface area contributed by atoms with Gasteiger partial charge in [-0.1, -0.05) is 23.2 Å². The first-order valence-corrected chi connectivity index (χ1v) is 7.53. The van der Waals surface area contributed by atoms with Crippen LogP contribution in [0.4, 0.5) is 0 Å². The fraction of sp³-hybridized carbons (Fsp3) is 0.455. The van der Waals surface area contributed by atoms with Gasteiger partial charge in [-0.15, -0.1) is 0 Å². The van der Waals surface area contributed by atoms with Crippen molar-refractivity contribution in [3.05, 3.63) is 27.2 Å². The van der Waals surface area contributed by atoms with Crippen molar-refractivity contribution in [2.75, 3.05) is 6.54 Å². The highest BCUT2D eigenvalue weighted by atomic mass is 35.5. The molecule has 1 atom stereocenters. The first-order chi connectivity index (χ1) is 8.16. The summed E-state index contributed by atoms with van der Waals surface area (Å²) < 4.78 is 26.5. The molecule has 2 N–H and O–H groups in total. The first kappa shape index (κ1) is 15.7. The van der Waals surface area contributed by atoms with Gasteiger partial charge in [0.25, 0.3) is 0 Å². The van der Waals surface area contributed by atoms with Crippen LogP contribution in [-0.4, -0.2) is 26.2 Å². The smallest absolute Gasteiger partial charge is 0.242 e. The Bertz CT molecular complexity index is 530. The molecule has 0 saturated heterocycles. The summed E-state index contributed by atoms with van der Waals surface area (Å²) in [6.45, 7) is 4.68. The lowest BCUT2D eigenvalue weighted by atomic mass is 10.2. The molecule has 0 aromatic heterocycles. The van der Waals surface area contributed by atoms with Gasteiger partial charge >= 0.3 is 0 Å². The molecule has 0 unspecified atom stereocenters. The lowest BCUT2D eigenvalue weighted by Crippen LogP contribution is -2.31. The third kappa shape index (κ3) is 3.36. The zero-order chi connectivity index (χ0) is 14.1. The maximum absolute atomic E-state index is 12.1. The number of aliphatic hydroxyl groups is 1. The Labute approximate surface area is 117 Å². The number of hydrogen-bond acceptors (Lipinski definition) is 3. The second-order valence-electron chi connectivity index (χ2n) is 4.14. The van der Waals surface area contributed by atoms with Crippen molar-refractivity contribution in [2.45, 2.75) is 31.8 Å². The van der Waals surface area contributed by atoms with E-state index in [4.69, 9.17) is 28.3 Å². The third-order valence-electron chi connectivity index (χ3n) is 2.43. The molecule has 0 spiro atoms. The molecule has 0 heterocycles. The predicted octanol–water partition coefficient (Wildman–Crippen LogP) is 2.27. The lowest BCUT2D eigenvalue weighted by Gasteiger charge is -2.14. The van der Waals surface area contributed by atoms with E-state index in [1.54, 1.807) is 19.9 Å². The van der Waals surface area contributed by atoms with Crippen molar-refractivity contribution in [2.24, 2.45) is 0 Å². The van der Waals surface area contributed by atoms with Crippen LogP contribution < -0.4 is 4.72 Å². The molecule has 0 aliphatic carbocycles. The van der Waals surface area contributed by atoms with E-state index in [1.807, 2.05) is 0 Å². The van der Waals surface area contributed by atoms with E-state index in [9.17, 15) is 8.42 Å². The van der Waals surface area contributed by atoms with Gasteiger partial charge in [-0.05, 0) is 38.0 Å². The van der Waals surface area contributed by atoms with Gasteiger partial charge in [0.05, 0.1) is 11.1 Å². The number of halogens is 2. The maximum atomic E-state index is 12.1. The standard InChI is InChI=1S/C11H15Cl2NO3S/c1-6-4-9(12)8(3)11(10(6)13)18(16,17)14-5-7(2)15/h4,7,14-15H,5H2,1-3H3/t7-/m0/s1. The van der Waals surface area contributed by atoms with E-state index in [0.29, 0.717) is 16.1 Å². The fourth-order valence-electron chi connectivity index (χ4n) is 1.44. The Hall–Kier alpha value is -0.330. The summed E-state index contributed by atoms with van der Waals surface area (Å²) in [4.78, 5) is -0.0326. The molecule has 1 aromatic rings. The molecule has 4 nitrogen and oxygen atoms in total. The Kier molecular flexibility index (Phi) is 5.03. The highest BCUT2D eigenvalue weighted by molar-refractivity contribution is 7.89. The summed E-state index contributed by atoms with van der Waals surface area (Å²) >= 11 is 12.0. The van der Waals surface area contributed by atoms with Crippen LogP contribution in [0, 0.1) is 13.8 Å². The molecular weight excluding hydrogens is 297 g/mol. The quantitative estimate of drug-likeness (QED) is 0.896. The van der Waals surface area contributed by atoms with Gasteiger partial charge in [-0.25, -0.2) is 13.1 Å². The third-order valence-corrected chi connectivity index (χ3v) is 5.01. The molecule has 1 aromatic carbocycles. The van der Waals surface area contributed by atoms with E-state index in [2.05, 4.69) is 4.72 Å². The summed E-state index contributed by atoms with van der Waals surface area (Å²) in [5.41, 5.74) is 0.982. The molecule has 0 amide bonds. The number of aliphatic hydroxyl groups excluding tert-OH is 1. The van der Waals surface area contributed by atoms with E-state index >= 15 is 0 Å². The Morgan fingerprint density at radius 2 is 1.94 bits per heavy atom. The molecular formula is C11H15Cl2NO3S. The first-order valence-electron chi connectivity index (χ1n) is 5.29. The minimum atomic E-state index is -3.79. The van der Waals surface area contributed by atoms with Crippen LogP contribution in [0.1, 0.15) is 18.1 Å². The molecule has 0 fully saturated rings. The number of rotatable bonds is 4. The Morgan fingerprint density at radius 3 is 2.44 bits per heavy atom. The van der Waals surface area contributed by atoms with Gasteiger partial charge in [0.15, 0.2) is 0 Å². The predicted molar refractivity (Wildman–Crippen MR) is 72.8 cm³/mol. The van der Waals surface area contributed by atoms with Crippen LogP contribution in [-0.2, 0) is 10.0 Å². The number of hydrogen-bond donors (Lipinski definition) is 2. The van der Waals surface area contributed by atoms with Crippen LogP contribution in [0.5, 0.6) is 0 Å². The maximum Gasteiger partial charge on any atom is 0.242 e. The number of sulfonamides is 1. The molecule has 1 rings (SSSR count). The monoisotopic (exact) mass is 311 g/mol. The Balaban J connectivity index is 3.32. The number of nitrogens with one attached hydrogen (secondary N) is 1.